The molecule has 0 aromatic rings. The average molecular weight is 406 g/mol. The van der Waals surface area contributed by atoms with Crippen LogP contribution in [0.25, 0.3) is 0 Å². The van der Waals surface area contributed by atoms with Gasteiger partial charge in [-0.05, 0) is 25.2 Å². The minimum absolute atomic E-state index is 0.00978. The quantitative estimate of drug-likeness (QED) is 0.216. The Balaban J connectivity index is 4.86. The molecule has 160 valence electrons. The summed E-state index contributed by atoms with van der Waals surface area (Å²) < 4.78 is 0. The number of aliphatic carboxylic acids is 1. The van der Waals surface area contributed by atoms with E-state index in [0.29, 0.717) is 31.1 Å². The van der Waals surface area contributed by atoms with Crippen molar-refractivity contribution in [3.63, 3.8) is 0 Å². The Kier molecular flexibility index (Phi) is 14.7. The standard InChI is InChI=1S/C19H39N3O4S/c1-4-6-14(18(24)22-17(9-10-23)19(25)26)7-8-16(13(3)5-2)21-11-15(20)12-27/h13-17,21,23,27H,4-12,20H2,1-3H3,(H,22,24)(H,25,26)/t13?,14?,15-,16?,17?/m0/s1. The number of rotatable bonds is 16. The molecule has 0 bridgehead atoms. The van der Waals surface area contributed by atoms with Crippen molar-refractivity contribution in [2.24, 2.45) is 17.6 Å². The Morgan fingerprint density at radius 3 is 2.30 bits per heavy atom. The van der Waals surface area contributed by atoms with Crippen LogP contribution in [0.3, 0.4) is 0 Å². The fourth-order valence-electron chi connectivity index (χ4n) is 3.05. The van der Waals surface area contributed by atoms with Gasteiger partial charge in [0.25, 0.3) is 0 Å². The normalized spacial score (nSPS) is 17.0. The van der Waals surface area contributed by atoms with Gasteiger partial charge in [0.15, 0.2) is 0 Å². The third kappa shape index (κ3) is 10.9. The van der Waals surface area contributed by atoms with Gasteiger partial charge in [0, 0.05) is 43.3 Å². The van der Waals surface area contributed by atoms with Crippen LogP contribution in [0.4, 0.5) is 0 Å². The van der Waals surface area contributed by atoms with Crippen molar-refractivity contribution in [1.29, 1.82) is 0 Å². The predicted molar refractivity (Wildman–Crippen MR) is 112 cm³/mol. The second-order valence-electron chi connectivity index (χ2n) is 7.32. The summed E-state index contributed by atoms with van der Waals surface area (Å²) in [5.74, 6) is -0.533. The van der Waals surface area contributed by atoms with E-state index in [1.807, 2.05) is 6.92 Å². The zero-order valence-corrected chi connectivity index (χ0v) is 17.9. The van der Waals surface area contributed by atoms with Crippen molar-refractivity contribution in [2.75, 3.05) is 18.9 Å². The Hall–Kier alpha value is -0.830. The van der Waals surface area contributed by atoms with Crippen LogP contribution in [-0.2, 0) is 9.59 Å². The van der Waals surface area contributed by atoms with Gasteiger partial charge in [-0.25, -0.2) is 4.79 Å². The van der Waals surface area contributed by atoms with Crippen LogP contribution < -0.4 is 16.4 Å². The molecule has 0 saturated carbocycles. The number of thiol groups is 1. The first-order valence-electron chi connectivity index (χ1n) is 10.0. The summed E-state index contributed by atoms with van der Waals surface area (Å²) in [6, 6.07) is -0.802. The van der Waals surface area contributed by atoms with Gasteiger partial charge in [-0.15, -0.1) is 0 Å². The molecule has 0 spiro atoms. The molecular weight excluding hydrogens is 366 g/mol. The number of carboxylic acid groups (broad SMARTS) is 1. The molecule has 8 heteroatoms. The lowest BCUT2D eigenvalue weighted by Crippen LogP contribution is -2.45. The monoisotopic (exact) mass is 405 g/mol. The summed E-state index contributed by atoms with van der Waals surface area (Å²) in [4.78, 5) is 23.8. The Bertz CT molecular complexity index is 426. The molecule has 0 rings (SSSR count). The molecule has 0 aromatic carbocycles. The lowest BCUT2D eigenvalue weighted by atomic mass is 9.89. The van der Waals surface area contributed by atoms with Crippen LogP contribution in [0, 0.1) is 11.8 Å². The minimum Gasteiger partial charge on any atom is -0.480 e. The van der Waals surface area contributed by atoms with Crippen LogP contribution >= 0.6 is 12.6 Å². The first-order chi connectivity index (χ1) is 12.8. The summed E-state index contributed by atoms with van der Waals surface area (Å²) >= 11 is 4.21. The molecule has 0 aromatic heterocycles. The number of hydrogen-bond acceptors (Lipinski definition) is 6. The summed E-state index contributed by atoms with van der Waals surface area (Å²) in [7, 11) is 0. The molecule has 0 fully saturated rings. The SMILES string of the molecule is CCCC(CCC(NC[C@H](N)CS)C(C)CC)C(=O)NC(CCO)C(=O)O. The summed E-state index contributed by atoms with van der Waals surface area (Å²) in [6.45, 7) is 6.74. The molecule has 0 heterocycles. The molecule has 5 atom stereocenters. The molecular formula is C19H39N3O4S. The number of aliphatic hydroxyl groups is 1. The molecule has 0 aliphatic rings. The van der Waals surface area contributed by atoms with Crippen molar-refractivity contribution < 1.29 is 19.8 Å². The van der Waals surface area contributed by atoms with Crippen molar-refractivity contribution in [1.82, 2.24) is 10.6 Å². The van der Waals surface area contributed by atoms with E-state index in [9.17, 15) is 14.7 Å². The first kappa shape index (κ1) is 26.2. The summed E-state index contributed by atoms with van der Waals surface area (Å²) in [6.07, 6.45) is 4.10. The number of aliphatic hydroxyl groups excluding tert-OH is 1. The van der Waals surface area contributed by atoms with E-state index in [1.165, 1.54) is 0 Å². The number of nitrogens with two attached hydrogens (primary N) is 1. The molecule has 4 unspecified atom stereocenters. The first-order valence-corrected chi connectivity index (χ1v) is 10.7. The van der Waals surface area contributed by atoms with Gasteiger partial charge in [-0.3, -0.25) is 4.79 Å². The molecule has 0 aliphatic carbocycles. The number of nitrogens with one attached hydrogen (secondary N) is 2. The molecule has 0 saturated heterocycles. The molecule has 6 N–H and O–H groups in total. The minimum atomic E-state index is -1.12. The smallest absolute Gasteiger partial charge is 0.326 e. The van der Waals surface area contributed by atoms with Gasteiger partial charge in [0.05, 0.1) is 0 Å². The molecule has 1 amide bonds. The number of carbonyl (C=O) groups excluding carboxylic acids is 1. The average Bonchev–Trinajstić information content (AvgIpc) is 2.65. The fourth-order valence-corrected chi connectivity index (χ4v) is 3.18. The summed E-state index contributed by atoms with van der Waals surface area (Å²) in [5, 5.41) is 24.3. The number of carbonyl (C=O) groups is 2. The zero-order valence-electron chi connectivity index (χ0n) is 17.0. The lowest BCUT2D eigenvalue weighted by molar-refractivity contribution is -0.143. The van der Waals surface area contributed by atoms with Crippen molar-refractivity contribution in [3.05, 3.63) is 0 Å². The van der Waals surface area contributed by atoms with Gasteiger partial charge in [-0.2, -0.15) is 12.6 Å². The van der Waals surface area contributed by atoms with E-state index in [4.69, 9.17) is 10.8 Å². The molecule has 27 heavy (non-hydrogen) atoms. The van der Waals surface area contributed by atoms with Gasteiger partial charge in [0.2, 0.25) is 5.91 Å². The van der Waals surface area contributed by atoms with E-state index < -0.39 is 12.0 Å². The third-order valence-electron chi connectivity index (χ3n) is 5.07. The van der Waals surface area contributed by atoms with E-state index in [2.05, 4.69) is 37.1 Å². The van der Waals surface area contributed by atoms with Crippen LogP contribution in [0.15, 0.2) is 0 Å². The highest BCUT2D eigenvalue weighted by atomic mass is 32.1. The summed E-state index contributed by atoms with van der Waals surface area (Å²) in [5.41, 5.74) is 5.95. The van der Waals surface area contributed by atoms with Crippen molar-refractivity contribution in [2.45, 2.75) is 77.4 Å². The second-order valence-corrected chi connectivity index (χ2v) is 7.68. The van der Waals surface area contributed by atoms with E-state index in [-0.39, 0.29) is 36.9 Å². The number of carboxylic acids is 1. The molecule has 0 radical (unpaired) electrons. The van der Waals surface area contributed by atoms with E-state index in [1.54, 1.807) is 0 Å². The van der Waals surface area contributed by atoms with Crippen LogP contribution in [0.2, 0.25) is 0 Å². The zero-order chi connectivity index (χ0) is 20.8. The maximum absolute atomic E-state index is 12.6. The van der Waals surface area contributed by atoms with Crippen molar-refractivity contribution in [3.8, 4) is 0 Å². The Morgan fingerprint density at radius 2 is 1.81 bits per heavy atom. The largest absolute Gasteiger partial charge is 0.480 e. The van der Waals surface area contributed by atoms with Gasteiger partial charge in [-0.1, -0.05) is 33.6 Å². The van der Waals surface area contributed by atoms with Crippen LogP contribution in [0.1, 0.15) is 59.3 Å². The topological polar surface area (TPSA) is 125 Å². The van der Waals surface area contributed by atoms with E-state index >= 15 is 0 Å². The van der Waals surface area contributed by atoms with Crippen LogP contribution in [0.5, 0.6) is 0 Å². The lowest BCUT2D eigenvalue weighted by Gasteiger charge is -2.28. The maximum atomic E-state index is 12.6. The predicted octanol–water partition coefficient (Wildman–Crippen LogP) is 1.40. The molecule has 0 aliphatic heterocycles. The number of hydrogen-bond donors (Lipinski definition) is 6. The van der Waals surface area contributed by atoms with Gasteiger partial charge >= 0.3 is 5.97 Å². The number of amides is 1. The van der Waals surface area contributed by atoms with E-state index in [0.717, 1.165) is 19.3 Å². The maximum Gasteiger partial charge on any atom is 0.326 e. The highest BCUT2D eigenvalue weighted by Gasteiger charge is 2.26. The van der Waals surface area contributed by atoms with Crippen LogP contribution in [-0.4, -0.2) is 59.1 Å². The second kappa shape index (κ2) is 15.1. The fraction of sp³-hybridized carbons (Fsp3) is 0.895. The Labute approximate surface area is 169 Å². The van der Waals surface area contributed by atoms with Gasteiger partial charge < -0.3 is 26.6 Å². The van der Waals surface area contributed by atoms with Gasteiger partial charge in [0.1, 0.15) is 6.04 Å². The van der Waals surface area contributed by atoms with Crippen molar-refractivity contribution >= 4 is 24.5 Å². The highest BCUT2D eigenvalue weighted by molar-refractivity contribution is 7.80. The third-order valence-corrected chi connectivity index (χ3v) is 5.54. The highest BCUT2D eigenvalue weighted by Crippen LogP contribution is 2.20. The molecule has 7 nitrogen and oxygen atoms in total. The Morgan fingerprint density at radius 1 is 1.15 bits per heavy atom.